The lowest BCUT2D eigenvalue weighted by Gasteiger charge is -2.24. The Morgan fingerprint density at radius 3 is 2.96 bits per heavy atom. The van der Waals surface area contributed by atoms with Gasteiger partial charge in [0.05, 0.1) is 5.69 Å². The summed E-state index contributed by atoms with van der Waals surface area (Å²) < 4.78 is 16.8. The van der Waals surface area contributed by atoms with Gasteiger partial charge in [-0.2, -0.15) is 10.4 Å². The van der Waals surface area contributed by atoms with E-state index in [0.29, 0.717) is 17.6 Å². The maximum Gasteiger partial charge on any atom is 0.512 e. The van der Waals surface area contributed by atoms with Gasteiger partial charge in [-0.15, -0.1) is 0 Å². The Hall–Kier alpha value is -2.94. The first kappa shape index (κ1) is 18.8. The molecule has 0 aliphatic carbocycles. The number of ether oxygens (including phenoxy) is 3. The van der Waals surface area contributed by atoms with Gasteiger partial charge in [0.15, 0.2) is 11.9 Å². The summed E-state index contributed by atoms with van der Waals surface area (Å²) in [6.07, 6.45) is -4.53. The van der Waals surface area contributed by atoms with E-state index in [1.54, 1.807) is 32.0 Å². The van der Waals surface area contributed by atoms with Crippen LogP contribution >= 0.6 is 0 Å². The normalized spacial score (nSPS) is 28.6. The van der Waals surface area contributed by atoms with Gasteiger partial charge in [0, 0.05) is 0 Å². The van der Waals surface area contributed by atoms with E-state index < -0.39 is 36.4 Å². The summed E-state index contributed by atoms with van der Waals surface area (Å²) in [6, 6.07) is 4.75. The number of fused-ring (bicyclic) bond motifs is 1. The molecule has 0 amide bonds. The molecule has 5 atom stereocenters. The molecular weight excluding hydrogens is 358 g/mol. The SMILES string of the molecule is CCC(C)OC(=O)O[C@@]1(C#N)O[C@@H](c2ccc3c(N)ncnn23)[C@H](O)[C@@H]1O. The molecule has 3 heterocycles. The second-order valence-corrected chi connectivity index (χ2v) is 6.14. The van der Waals surface area contributed by atoms with Crippen LogP contribution in [0.1, 0.15) is 32.1 Å². The summed E-state index contributed by atoms with van der Waals surface area (Å²) in [5, 5.41) is 34.3. The molecule has 11 heteroatoms. The lowest BCUT2D eigenvalue weighted by Crippen LogP contribution is -2.46. The highest BCUT2D eigenvalue weighted by Gasteiger charge is 2.59. The van der Waals surface area contributed by atoms with Crippen LogP contribution < -0.4 is 5.73 Å². The highest BCUT2D eigenvalue weighted by Crippen LogP contribution is 2.41. The maximum absolute atomic E-state index is 11.9. The van der Waals surface area contributed by atoms with Crippen LogP contribution in [0.2, 0.25) is 0 Å². The third-order valence-corrected chi connectivity index (χ3v) is 4.39. The number of aliphatic hydroxyl groups is 2. The molecule has 144 valence electrons. The van der Waals surface area contributed by atoms with Crippen molar-refractivity contribution in [3.63, 3.8) is 0 Å². The van der Waals surface area contributed by atoms with Gasteiger partial charge in [-0.25, -0.2) is 14.3 Å². The average molecular weight is 377 g/mol. The Bertz CT molecular complexity index is 895. The van der Waals surface area contributed by atoms with E-state index in [1.807, 2.05) is 0 Å². The van der Waals surface area contributed by atoms with Crippen molar-refractivity contribution in [3.05, 3.63) is 24.2 Å². The Morgan fingerprint density at radius 2 is 2.30 bits per heavy atom. The number of rotatable bonds is 4. The number of nitriles is 1. The second kappa shape index (κ2) is 6.99. The predicted molar refractivity (Wildman–Crippen MR) is 88.9 cm³/mol. The lowest BCUT2D eigenvalue weighted by molar-refractivity contribution is -0.201. The molecule has 1 aliphatic heterocycles. The van der Waals surface area contributed by atoms with Crippen LogP contribution in [0, 0.1) is 11.3 Å². The molecule has 0 radical (unpaired) electrons. The zero-order valence-corrected chi connectivity index (χ0v) is 14.6. The number of carbonyl (C=O) groups excluding carboxylic acids is 1. The van der Waals surface area contributed by atoms with Crippen molar-refractivity contribution < 1.29 is 29.2 Å². The molecule has 2 aromatic rings. The van der Waals surface area contributed by atoms with Gasteiger partial charge < -0.3 is 30.2 Å². The lowest BCUT2D eigenvalue weighted by atomic mass is 10.0. The standard InChI is InChI=1S/C16H19N5O6/c1-3-8(2)25-15(24)27-16(6-17)13(23)11(22)12(26-16)9-4-5-10-14(18)19-7-20-21(9)10/h4-5,7-8,11-13,22-23H,3H2,1-2H3,(H2,18,19,20)/t8?,11-,12-,13-,16+/m0/s1. The topological polar surface area (TPSA) is 165 Å². The highest BCUT2D eigenvalue weighted by molar-refractivity contribution is 5.65. The van der Waals surface area contributed by atoms with Gasteiger partial charge >= 0.3 is 11.9 Å². The van der Waals surface area contributed by atoms with Crippen LogP contribution in [-0.4, -0.2) is 55.1 Å². The Balaban J connectivity index is 1.90. The molecule has 0 saturated carbocycles. The molecule has 0 spiro atoms. The van der Waals surface area contributed by atoms with Crippen molar-refractivity contribution >= 4 is 17.5 Å². The minimum Gasteiger partial charge on any atom is -0.431 e. The fourth-order valence-corrected chi connectivity index (χ4v) is 2.74. The first-order valence-corrected chi connectivity index (χ1v) is 8.26. The summed E-state index contributed by atoms with van der Waals surface area (Å²) in [5.41, 5.74) is 6.51. The summed E-state index contributed by atoms with van der Waals surface area (Å²) in [5.74, 6) is -2.23. The van der Waals surface area contributed by atoms with Crippen LogP contribution in [0.25, 0.3) is 5.52 Å². The van der Waals surface area contributed by atoms with E-state index in [1.165, 1.54) is 10.8 Å². The molecule has 4 N–H and O–H groups in total. The van der Waals surface area contributed by atoms with Crippen molar-refractivity contribution in [1.82, 2.24) is 14.6 Å². The summed E-state index contributed by atoms with van der Waals surface area (Å²) in [7, 11) is 0. The van der Waals surface area contributed by atoms with Crippen LogP contribution in [0.15, 0.2) is 18.5 Å². The van der Waals surface area contributed by atoms with Gasteiger partial charge in [0.2, 0.25) is 0 Å². The van der Waals surface area contributed by atoms with Gasteiger partial charge in [-0.3, -0.25) is 0 Å². The number of hydrogen-bond donors (Lipinski definition) is 3. The van der Waals surface area contributed by atoms with Crippen molar-refractivity contribution in [2.45, 2.75) is 50.5 Å². The molecule has 1 aliphatic rings. The fourth-order valence-electron chi connectivity index (χ4n) is 2.74. The molecule has 27 heavy (non-hydrogen) atoms. The molecule has 1 unspecified atom stereocenters. The first-order chi connectivity index (χ1) is 12.8. The second-order valence-electron chi connectivity index (χ2n) is 6.14. The van der Waals surface area contributed by atoms with Crippen LogP contribution in [0.3, 0.4) is 0 Å². The minimum atomic E-state index is -2.43. The van der Waals surface area contributed by atoms with Gasteiger partial charge in [-0.1, -0.05) is 6.92 Å². The van der Waals surface area contributed by atoms with E-state index in [0.717, 1.165) is 0 Å². The monoisotopic (exact) mass is 377 g/mol. The molecule has 11 nitrogen and oxygen atoms in total. The van der Waals surface area contributed by atoms with Crippen molar-refractivity contribution in [2.24, 2.45) is 0 Å². The smallest absolute Gasteiger partial charge is 0.431 e. The Kier molecular flexibility index (Phi) is 4.88. The van der Waals surface area contributed by atoms with E-state index in [4.69, 9.17) is 19.9 Å². The zero-order chi connectivity index (χ0) is 19.8. The number of nitrogen functional groups attached to an aromatic ring is 1. The number of carbonyl (C=O) groups is 1. The summed E-state index contributed by atoms with van der Waals surface area (Å²) in [6.45, 7) is 3.44. The van der Waals surface area contributed by atoms with Crippen LogP contribution in [-0.2, 0) is 14.2 Å². The largest absolute Gasteiger partial charge is 0.512 e. The molecule has 0 bridgehead atoms. The minimum absolute atomic E-state index is 0.198. The van der Waals surface area contributed by atoms with E-state index in [2.05, 4.69) is 10.1 Å². The Labute approximate surface area is 153 Å². The number of aliphatic hydroxyl groups excluding tert-OH is 2. The quantitative estimate of drug-likeness (QED) is 0.630. The zero-order valence-electron chi connectivity index (χ0n) is 14.6. The third-order valence-electron chi connectivity index (χ3n) is 4.39. The molecule has 1 fully saturated rings. The van der Waals surface area contributed by atoms with E-state index >= 15 is 0 Å². The summed E-state index contributed by atoms with van der Waals surface area (Å²) >= 11 is 0. The van der Waals surface area contributed by atoms with Crippen LogP contribution in [0.5, 0.6) is 0 Å². The molecule has 3 rings (SSSR count). The van der Waals surface area contributed by atoms with Crippen molar-refractivity contribution in [1.29, 1.82) is 5.26 Å². The van der Waals surface area contributed by atoms with Crippen molar-refractivity contribution in [2.75, 3.05) is 5.73 Å². The highest BCUT2D eigenvalue weighted by atomic mass is 16.8. The first-order valence-electron chi connectivity index (χ1n) is 8.26. The number of nitrogens with two attached hydrogens (primary N) is 1. The number of anilines is 1. The predicted octanol–water partition coefficient (Wildman–Crippen LogP) is 0.276. The molecule has 1 saturated heterocycles. The molecular formula is C16H19N5O6. The van der Waals surface area contributed by atoms with Gasteiger partial charge in [0.25, 0.3) is 0 Å². The van der Waals surface area contributed by atoms with Crippen molar-refractivity contribution in [3.8, 4) is 6.07 Å². The van der Waals surface area contributed by atoms with E-state index in [-0.39, 0.29) is 5.82 Å². The number of aromatic nitrogens is 3. The van der Waals surface area contributed by atoms with Gasteiger partial charge in [-0.05, 0) is 25.5 Å². The average Bonchev–Trinajstić information content (AvgIpc) is 3.18. The molecule has 0 aromatic carbocycles. The van der Waals surface area contributed by atoms with E-state index in [9.17, 15) is 20.3 Å². The maximum atomic E-state index is 11.9. The van der Waals surface area contributed by atoms with Crippen LogP contribution in [0.4, 0.5) is 10.6 Å². The molecule has 2 aromatic heterocycles. The number of nitrogens with zero attached hydrogens (tertiary/aromatic N) is 4. The number of hydrogen-bond acceptors (Lipinski definition) is 10. The fraction of sp³-hybridized carbons (Fsp3) is 0.500. The Morgan fingerprint density at radius 1 is 1.56 bits per heavy atom. The third kappa shape index (κ3) is 3.14. The van der Waals surface area contributed by atoms with Gasteiger partial charge in [0.1, 0.15) is 36.2 Å². The summed E-state index contributed by atoms with van der Waals surface area (Å²) in [4.78, 5) is 15.8.